The molecule has 2 nitrogen and oxygen atoms in total. The molecule has 0 spiro atoms. The maximum absolute atomic E-state index is 4.29. The number of nitrogens with zero attached hydrogens (tertiary/aromatic N) is 1. The van der Waals surface area contributed by atoms with E-state index in [0.29, 0.717) is 5.92 Å². The van der Waals surface area contributed by atoms with Gasteiger partial charge in [-0.15, -0.1) is 11.3 Å². The molecule has 0 unspecified atom stereocenters. The minimum atomic E-state index is 0.698. The fourth-order valence-electron chi connectivity index (χ4n) is 1.86. The van der Waals surface area contributed by atoms with E-state index in [1.807, 2.05) is 5.51 Å². The molecule has 0 atom stereocenters. The summed E-state index contributed by atoms with van der Waals surface area (Å²) in [6.07, 6.45) is 0. The van der Waals surface area contributed by atoms with Crippen molar-refractivity contribution in [1.29, 1.82) is 0 Å². The average Bonchev–Trinajstić information content (AvgIpc) is 2.76. The predicted molar refractivity (Wildman–Crippen MR) is 78.8 cm³/mol. The van der Waals surface area contributed by atoms with Gasteiger partial charge in [-0.2, -0.15) is 0 Å². The van der Waals surface area contributed by atoms with E-state index in [1.54, 1.807) is 11.3 Å². The molecule has 2 rings (SSSR count). The summed E-state index contributed by atoms with van der Waals surface area (Å²) < 4.78 is 0. The lowest BCUT2D eigenvalue weighted by atomic mass is 10.1. The van der Waals surface area contributed by atoms with Gasteiger partial charge in [0.15, 0.2) is 0 Å². The molecular formula is C15H20N2S. The van der Waals surface area contributed by atoms with Crippen LogP contribution in [0.4, 0.5) is 0 Å². The lowest BCUT2D eigenvalue weighted by molar-refractivity contribution is 0.552. The fourth-order valence-corrected chi connectivity index (χ4v) is 2.67. The van der Waals surface area contributed by atoms with Gasteiger partial charge in [0.05, 0.1) is 16.1 Å². The average molecular weight is 260 g/mol. The molecule has 0 aliphatic carbocycles. The van der Waals surface area contributed by atoms with Gasteiger partial charge in [-0.1, -0.05) is 38.1 Å². The van der Waals surface area contributed by atoms with Crippen molar-refractivity contribution >= 4 is 11.3 Å². The first-order valence-corrected chi connectivity index (χ1v) is 7.25. The molecule has 1 N–H and O–H groups in total. The Morgan fingerprint density at radius 1 is 1.22 bits per heavy atom. The highest BCUT2D eigenvalue weighted by Crippen LogP contribution is 2.27. The number of rotatable bonds is 5. The molecule has 0 saturated carbocycles. The van der Waals surface area contributed by atoms with Crippen molar-refractivity contribution in [1.82, 2.24) is 10.3 Å². The van der Waals surface area contributed by atoms with Crippen LogP contribution in [-0.4, -0.2) is 11.5 Å². The van der Waals surface area contributed by atoms with E-state index in [2.05, 4.69) is 55.3 Å². The second-order valence-corrected chi connectivity index (χ2v) is 5.84. The van der Waals surface area contributed by atoms with Crippen molar-refractivity contribution in [2.75, 3.05) is 6.54 Å². The van der Waals surface area contributed by atoms with Gasteiger partial charge in [0.25, 0.3) is 0 Å². The van der Waals surface area contributed by atoms with Crippen LogP contribution in [0.2, 0.25) is 0 Å². The molecule has 0 saturated heterocycles. The highest BCUT2D eigenvalue weighted by atomic mass is 32.1. The van der Waals surface area contributed by atoms with Crippen molar-refractivity contribution in [3.8, 4) is 10.4 Å². The van der Waals surface area contributed by atoms with Crippen LogP contribution in [0.3, 0.4) is 0 Å². The molecule has 96 valence electrons. The fraction of sp³-hybridized carbons (Fsp3) is 0.400. The molecular weight excluding hydrogens is 240 g/mol. The monoisotopic (exact) mass is 260 g/mol. The molecule has 1 heterocycles. The summed E-state index contributed by atoms with van der Waals surface area (Å²) in [6.45, 7) is 8.52. The summed E-state index contributed by atoms with van der Waals surface area (Å²) in [4.78, 5) is 5.57. The smallest absolute Gasteiger partial charge is 0.0801 e. The van der Waals surface area contributed by atoms with E-state index in [-0.39, 0.29) is 0 Å². The number of hydrogen-bond donors (Lipinski definition) is 1. The third-order valence-corrected chi connectivity index (χ3v) is 3.82. The summed E-state index contributed by atoms with van der Waals surface area (Å²) in [6, 6.07) is 8.77. The number of thiazole rings is 1. The lowest BCUT2D eigenvalue weighted by Gasteiger charge is -2.08. The summed E-state index contributed by atoms with van der Waals surface area (Å²) >= 11 is 1.70. The van der Waals surface area contributed by atoms with Crippen LogP contribution in [0.15, 0.2) is 29.8 Å². The van der Waals surface area contributed by atoms with Crippen molar-refractivity contribution in [2.45, 2.75) is 27.3 Å². The Morgan fingerprint density at radius 3 is 2.50 bits per heavy atom. The molecule has 3 heteroatoms. The van der Waals surface area contributed by atoms with E-state index >= 15 is 0 Å². The van der Waals surface area contributed by atoms with Crippen LogP contribution in [0, 0.1) is 12.8 Å². The molecule has 0 radical (unpaired) electrons. The summed E-state index contributed by atoms with van der Waals surface area (Å²) in [5, 5.41) is 3.46. The number of nitrogens with one attached hydrogen (secondary N) is 1. The molecule has 2 aromatic rings. The Labute approximate surface area is 113 Å². The molecule has 0 aliphatic rings. The van der Waals surface area contributed by atoms with E-state index in [1.165, 1.54) is 16.0 Å². The summed E-state index contributed by atoms with van der Waals surface area (Å²) in [7, 11) is 0. The van der Waals surface area contributed by atoms with Gasteiger partial charge in [0.2, 0.25) is 0 Å². The van der Waals surface area contributed by atoms with E-state index in [0.717, 1.165) is 18.8 Å². The van der Waals surface area contributed by atoms with Crippen LogP contribution in [-0.2, 0) is 6.54 Å². The maximum Gasteiger partial charge on any atom is 0.0801 e. The van der Waals surface area contributed by atoms with Gasteiger partial charge in [-0.05, 0) is 30.5 Å². The maximum atomic E-state index is 4.29. The standard InChI is InChI=1S/C15H20N2S/c1-11(2)8-16-9-13-4-6-14(7-5-13)15-12(3)17-10-18-15/h4-7,10-11,16H,8-9H2,1-3H3. The Hall–Kier alpha value is -1.19. The molecule has 0 bridgehead atoms. The van der Waals surface area contributed by atoms with Crippen molar-refractivity contribution < 1.29 is 0 Å². The second kappa shape index (κ2) is 6.12. The van der Waals surface area contributed by atoms with Crippen molar-refractivity contribution in [2.24, 2.45) is 5.92 Å². The quantitative estimate of drug-likeness (QED) is 0.883. The highest BCUT2D eigenvalue weighted by molar-refractivity contribution is 7.13. The number of aromatic nitrogens is 1. The van der Waals surface area contributed by atoms with Gasteiger partial charge >= 0.3 is 0 Å². The number of aryl methyl sites for hydroxylation is 1. The van der Waals surface area contributed by atoms with Crippen LogP contribution in [0.25, 0.3) is 10.4 Å². The van der Waals surface area contributed by atoms with Crippen LogP contribution in [0.1, 0.15) is 25.1 Å². The minimum Gasteiger partial charge on any atom is -0.312 e. The van der Waals surface area contributed by atoms with Gasteiger partial charge in [0, 0.05) is 6.54 Å². The van der Waals surface area contributed by atoms with Crippen LogP contribution >= 0.6 is 11.3 Å². The predicted octanol–water partition coefficient (Wildman–Crippen LogP) is 3.86. The third-order valence-electron chi connectivity index (χ3n) is 2.84. The SMILES string of the molecule is Cc1ncsc1-c1ccc(CNCC(C)C)cc1. The molecule has 0 fully saturated rings. The van der Waals surface area contributed by atoms with Crippen LogP contribution < -0.4 is 5.32 Å². The zero-order chi connectivity index (χ0) is 13.0. The van der Waals surface area contributed by atoms with Crippen molar-refractivity contribution in [3.63, 3.8) is 0 Å². The third kappa shape index (κ3) is 3.40. The van der Waals surface area contributed by atoms with E-state index < -0.39 is 0 Å². The molecule has 1 aromatic heterocycles. The van der Waals surface area contributed by atoms with Gasteiger partial charge in [-0.25, -0.2) is 4.98 Å². The minimum absolute atomic E-state index is 0.698. The highest BCUT2D eigenvalue weighted by Gasteiger charge is 2.04. The first kappa shape index (κ1) is 13.2. The Morgan fingerprint density at radius 2 is 1.94 bits per heavy atom. The number of benzene rings is 1. The van der Waals surface area contributed by atoms with Gasteiger partial charge in [-0.3, -0.25) is 0 Å². The summed E-state index contributed by atoms with van der Waals surface area (Å²) in [5.41, 5.74) is 5.62. The topological polar surface area (TPSA) is 24.9 Å². The zero-order valence-electron chi connectivity index (χ0n) is 11.2. The van der Waals surface area contributed by atoms with Gasteiger partial charge < -0.3 is 5.32 Å². The van der Waals surface area contributed by atoms with Crippen LogP contribution in [0.5, 0.6) is 0 Å². The number of hydrogen-bond acceptors (Lipinski definition) is 3. The summed E-state index contributed by atoms with van der Waals surface area (Å²) in [5.74, 6) is 0.698. The molecule has 0 amide bonds. The molecule has 18 heavy (non-hydrogen) atoms. The Balaban J connectivity index is 2.00. The zero-order valence-corrected chi connectivity index (χ0v) is 12.1. The molecule has 0 aliphatic heterocycles. The van der Waals surface area contributed by atoms with E-state index in [4.69, 9.17) is 0 Å². The van der Waals surface area contributed by atoms with E-state index in [9.17, 15) is 0 Å². The lowest BCUT2D eigenvalue weighted by Crippen LogP contribution is -2.18. The Kier molecular flexibility index (Phi) is 4.50. The van der Waals surface area contributed by atoms with Crippen molar-refractivity contribution in [3.05, 3.63) is 41.0 Å². The molecule has 1 aromatic carbocycles. The van der Waals surface area contributed by atoms with Gasteiger partial charge in [0.1, 0.15) is 0 Å². The Bertz CT molecular complexity index is 485. The second-order valence-electron chi connectivity index (χ2n) is 4.99. The first-order valence-electron chi connectivity index (χ1n) is 6.37. The first-order chi connectivity index (χ1) is 8.66. The normalized spacial score (nSPS) is 11.1. The largest absolute Gasteiger partial charge is 0.312 e.